The number of halogens is 3. The Morgan fingerprint density at radius 1 is 1.10 bits per heavy atom. The monoisotopic (exact) mass is 456 g/mol. The van der Waals surface area contributed by atoms with Crippen LogP contribution in [0.5, 0.6) is 0 Å². The maximum absolute atomic E-state index is 13.8. The number of hydrogen-bond acceptors (Lipinski definition) is 1. The Labute approximate surface area is 144 Å². The molecular formula is C16H11BrFIN2. The Bertz CT molecular complexity index is 768. The summed E-state index contributed by atoms with van der Waals surface area (Å²) in [5, 5.41) is 4.31. The number of aromatic nitrogens is 2. The summed E-state index contributed by atoms with van der Waals surface area (Å²) in [6.45, 7) is 0.420. The van der Waals surface area contributed by atoms with Crippen molar-refractivity contribution in [3.63, 3.8) is 0 Å². The van der Waals surface area contributed by atoms with Crippen LogP contribution in [0.1, 0.15) is 5.56 Å². The van der Waals surface area contributed by atoms with Crippen LogP contribution in [0, 0.1) is 9.39 Å². The van der Waals surface area contributed by atoms with Crippen molar-refractivity contribution in [2.75, 3.05) is 0 Å². The summed E-state index contributed by atoms with van der Waals surface area (Å²) in [5.74, 6) is -0.226. The van der Waals surface area contributed by atoms with Crippen LogP contribution in [0.2, 0.25) is 0 Å². The van der Waals surface area contributed by atoms with E-state index < -0.39 is 0 Å². The van der Waals surface area contributed by atoms with E-state index in [0.29, 0.717) is 12.1 Å². The van der Waals surface area contributed by atoms with Crippen LogP contribution in [0.15, 0.2) is 59.3 Å². The van der Waals surface area contributed by atoms with Crippen LogP contribution in [-0.2, 0) is 6.54 Å². The molecule has 1 heterocycles. The van der Waals surface area contributed by atoms with E-state index >= 15 is 0 Å². The van der Waals surface area contributed by atoms with E-state index in [0.717, 1.165) is 15.6 Å². The Balaban J connectivity index is 1.83. The summed E-state index contributed by atoms with van der Waals surface area (Å²) in [6.07, 6.45) is 3.74. The van der Waals surface area contributed by atoms with Gasteiger partial charge >= 0.3 is 0 Å². The molecule has 0 bridgehead atoms. The third-order valence-corrected chi connectivity index (χ3v) is 4.37. The molecule has 2 aromatic carbocycles. The van der Waals surface area contributed by atoms with Crippen molar-refractivity contribution in [3.8, 4) is 11.1 Å². The van der Waals surface area contributed by atoms with E-state index in [4.69, 9.17) is 0 Å². The van der Waals surface area contributed by atoms with Crippen molar-refractivity contribution in [3.05, 3.63) is 74.3 Å². The highest BCUT2D eigenvalue weighted by molar-refractivity contribution is 14.1. The molecule has 0 aliphatic carbocycles. The average molecular weight is 457 g/mol. The van der Waals surface area contributed by atoms with E-state index in [1.54, 1.807) is 16.9 Å². The number of nitrogens with zero attached hydrogens (tertiary/aromatic N) is 2. The minimum atomic E-state index is -0.226. The summed E-state index contributed by atoms with van der Waals surface area (Å²) in [7, 11) is 0. The molecule has 0 saturated heterocycles. The van der Waals surface area contributed by atoms with Gasteiger partial charge in [0, 0.05) is 25.4 Å². The van der Waals surface area contributed by atoms with Crippen LogP contribution in [-0.4, -0.2) is 9.78 Å². The van der Waals surface area contributed by atoms with Crippen molar-refractivity contribution < 1.29 is 4.39 Å². The van der Waals surface area contributed by atoms with Gasteiger partial charge in [0.2, 0.25) is 0 Å². The minimum Gasteiger partial charge on any atom is -0.268 e. The predicted octanol–water partition coefficient (Wildman–Crippen LogP) is 5.10. The molecule has 2 nitrogen and oxygen atoms in total. The first kappa shape index (κ1) is 14.7. The van der Waals surface area contributed by atoms with Crippen LogP contribution in [0.3, 0.4) is 0 Å². The highest BCUT2D eigenvalue weighted by atomic mass is 127. The Hall–Kier alpha value is -1.21. The normalized spacial score (nSPS) is 10.8. The molecule has 0 spiro atoms. The van der Waals surface area contributed by atoms with Gasteiger partial charge in [-0.1, -0.05) is 34.1 Å². The Kier molecular flexibility index (Phi) is 4.40. The molecule has 1 aromatic heterocycles. The van der Waals surface area contributed by atoms with Crippen LogP contribution in [0.25, 0.3) is 11.1 Å². The molecule has 0 saturated carbocycles. The fraction of sp³-hybridized carbons (Fsp3) is 0.0625. The Morgan fingerprint density at radius 2 is 1.86 bits per heavy atom. The maximum Gasteiger partial charge on any atom is 0.129 e. The second-order valence-electron chi connectivity index (χ2n) is 4.67. The zero-order valence-corrected chi connectivity index (χ0v) is 14.7. The number of rotatable bonds is 3. The maximum atomic E-state index is 13.8. The molecular weight excluding hydrogens is 446 g/mol. The Morgan fingerprint density at radius 3 is 2.57 bits per heavy atom. The third-order valence-electron chi connectivity index (χ3n) is 3.16. The van der Waals surface area contributed by atoms with E-state index in [2.05, 4.69) is 67.9 Å². The van der Waals surface area contributed by atoms with Crippen molar-refractivity contribution in [2.45, 2.75) is 6.54 Å². The lowest BCUT2D eigenvalue weighted by Crippen LogP contribution is -2.02. The zero-order valence-electron chi connectivity index (χ0n) is 10.9. The zero-order chi connectivity index (χ0) is 14.8. The molecule has 0 fully saturated rings. The van der Waals surface area contributed by atoms with Gasteiger partial charge in [-0.05, 0) is 52.4 Å². The molecule has 0 aliphatic heterocycles. The van der Waals surface area contributed by atoms with Gasteiger partial charge in [0.1, 0.15) is 5.82 Å². The van der Waals surface area contributed by atoms with Gasteiger partial charge in [0.15, 0.2) is 0 Å². The fourth-order valence-corrected chi connectivity index (χ4v) is 2.76. The fourth-order valence-electron chi connectivity index (χ4n) is 2.07. The van der Waals surface area contributed by atoms with Gasteiger partial charge in [-0.2, -0.15) is 5.10 Å². The van der Waals surface area contributed by atoms with Gasteiger partial charge in [-0.15, -0.1) is 0 Å². The van der Waals surface area contributed by atoms with Gasteiger partial charge in [0.25, 0.3) is 0 Å². The molecule has 0 N–H and O–H groups in total. The number of benzene rings is 2. The number of hydrogen-bond donors (Lipinski definition) is 0. The quantitative estimate of drug-likeness (QED) is 0.501. The smallest absolute Gasteiger partial charge is 0.129 e. The van der Waals surface area contributed by atoms with E-state index in [1.807, 2.05) is 12.3 Å². The van der Waals surface area contributed by atoms with Crippen LogP contribution >= 0.6 is 38.5 Å². The molecule has 3 aromatic rings. The molecule has 0 aliphatic rings. The SMILES string of the molecule is Fc1cc(Br)ccc1Cn1cc(-c2ccc(I)cc2)cn1. The van der Waals surface area contributed by atoms with Crippen molar-refractivity contribution in [1.29, 1.82) is 0 Å². The first-order valence-corrected chi connectivity index (χ1v) is 8.21. The second-order valence-corrected chi connectivity index (χ2v) is 6.83. The van der Waals surface area contributed by atoms with Crippen molar-refractivity contribution in [1.82, 2.24) is 9.78 Å². The van der Waals surface area contributed by atoms with E-state index in [-0.39, 0.29) is 5.82 Å². The molecule has 0 atom stereocenters. The molecule has 21 heavy (non-hydrogen) atoms. The van der Waals surface area contributed by atoms with Crippen molar-refractivity contribution >= 4 is 38.5 Å². The van der Waals surface area contributed by atoms with Gasteiger partial charge in [-0.25, -0.2) is 4.39 Å². The topological polar surface area (TPSA) is 17.8 Å². The van der Waals surface area contributed by atoms with Gasteiger partial charge in [0.05, 0.1) is 12.7 Å². The molecule has 106 valence electrons. The molecule has 3 rings (SSSR count). The summed E-state index contributed by atoms with van der Waals surface area (Å²) in [6, 6.07) is 13.3. The van der Waals surface area contributed by atoms with E-state index in [9.17, 15) is 4.39 Å². The largest absolute Gasteiger partial charge is 0.268 e. The second kappa shape index (κ2) is 6.27. The van der Waals surface area contributed by atoms with Crippen LogP contribution in [0.4, 0.5) is 4.39 Å². The standard InChI is InChI=1S/C16H11BrFIN2/c17-14-4-1-12(16(18)7-14)9-21-10-13(8-20-21)11-2-5-15(19)6-3-11/h1-8,10H,9H2. The highest BCUT2D eigenvalue weighted by Crippen LogP contribution is 2.21. The molecule has 0 amide bonds. The lowest BCUT2D eigenvalue weighted by molar-refractivity contribution is 0.584. The summed E-state index contributed by atoms with van der Waals surface area (Å²) in [5.41, 5.74) is 2.76. The summed E-state index contributed by atoms with van der Waals surface area (Å²) < 4.78 is 17.5. The lowest BCUT2D eigenvalue weighted by atomic mass is 10.1. The van der Waals surface area contributed by atoms with Crippen molar-refractivity contribution in [2.24, 2.45) is 0 Å². The minimum absolute atomic E-state index is 0.226. The molecule has 5 heteroatoms. The first-order chi connectivity index (χ1) is 10.1. The lowest BCUT2D eigenvalue weighted by Gasteiger charge is -2.04. The molecule has 0 unspecified atom stereocenters. The predicted molar refractivity (Wildman–Crippen MR) is 93.6 cm³/mol. The summed E-state index contributed by atoms with van der Waals surface area (Å²) in [4.78, 5) is 0. The highest BCUT2D eigenvalue weighted by Gasteiger charge is 2.06. The van der Waals surface area contributed by atoms with Crippen LogP contribution < -0.4 is 0 Å². The summed E-state index contributed by atoms with van der Waals surface area (Å²) >= 11 is 5.54. The van der Waals surface area contributed by atoms with Gasteiger partial charge in [-0.3, -0.25) is 4.68 Å². The van der Waals surface area contributed by atoms with Gasteiger partial charge < -0.3 is 0 Å². The average Bonchev–Trinajstić information content (AvgIpc) is 2.91. The molecule has 0 radical (unpaired) electrons. The van der Waals surface area contributed by atoms with E-state index in [1.165, 1.54) is 9.64 Å². The first-order valence-electron chi connectivity index (χ1n) is 6.34. The third kappa shape index (κ3) is 3.52.